The van der Waals surface area contributed by atoms with Gasteiger partial charge >= 0.3 is 0 Å². The van der Waals surface area contributed by atoms with Crippen LogP contribution < -0.4 is 10.6 Å². The number of rotatable bonds is 3. The Morgan fingerprint density at radius 3 is 2.93 bits per heavy atom. The van der Waals surface area contributed by atoms with Gasteiger partial charge in [0, 0.05) is 39.5 Å². The third-order valence-corrected chi connectivity index (χ3v) is 4.92. The number of furan rings is 1. The van der Waals surface area contributed by atoms with Gasteiger partial charge in [-0.25, -0.2) is 4.98 Å². The molecule has 2 unspecified atom stereocenters. The van der Waals surface area contributed by atoms with Crippen molar-refractivity contribution in [1.29, 1.82) is 0 Å². The van der Waals surface area contributed by atoms with Crippen molar-refractivity contribution in [3.8, 4) is 0 Å². The number of alkyl halides is 1. The molecule has 0 aromatic carbocycles. The molecule has 27 heavy (non-hydrogen) atoms. The third-order valence-electron chi connectivity index (χ3n) is 4.69. The molecular weight excluding hydrogens is 370 g/mol. The van der Waals surface area contributed by atoms with Crippen molar-refractivity contribution in [2.24, 2.45) is 0 Å². The number of nitrogens with zero attached hydrogens (tertiary/aromatic N) is 3. The second-order valence-electron chi connectivity index (χ2n) is 6.75. The average molecular weight is 392 g/mol. The Kier molecular flexibility index (Phi) is 5.05. The van der Waals surface area contributed by atoms with Gasteiger partial charge in [-0.05, 0) is 17.7 Å². The van der Waals surface area contributed by atoms with Gasteiger partial charge in [0.05, 0.1) is 24.3 Å². The van der Waals surface area contributed by atoms with Crippen LogP contribution in [0.5, 0.6) is 0 Å². The van der Waals surface area contributed by atoms with Crippen molar-refractivity contribution in [2.45, 2.75) is 11.8 Å². The number of morpholine rings is 1. The van der Waals surface area contributed by atoms with Gasteiger partial charge in [-0.15, -0.1) is 0 Å². The van der Waals surface area contributed by atoms with E-state index in [9.17, 15) is 4.79 Å². The van der Waals surface area contributed by atoms with Crippen molar-refractivity contribution in [3.63, 3.8) is 0 Å². The first kappa shape index (κ1) is 18.2. The van der Waals surface area contributed by atoms with E-state index in [-0.39, 0.29) is 12.1 Å². The summed E-state index contributed by atoms with van der Waals surface area (Å²) in [4.78, 5) is 19.9. The lowest BCUT2D eigenvalue weighted by Gasteiger charge is -2.38. The molecule has 0 spiro atoms. The molecule has 144 valence electrons. The van der Waals surface area contributed by atoms with Gasteiger partial charge in [-0.3, -0.25) is 15.0 Å². The molecule has 4 rings (SSSR count). The summed E-state index contributed by atoms with van der Waals surface area (Å²) >= 11 is 6.39. The van der Waals surface area contributed by atoms with Gasteiger partial charge in [0.15, 0.2) is 11.4 Å². The fourth-order valence-electron chi connectivity index (χ4n) is 3.26. The molecule has 8 nitrogen and oxygen atoms in total. The molecule has 4 heterocycles. The maximum absolute atomic E-state index is 11.8. The average Bonchev–Trinajstić information content (AvgIpc) is 3.04. The first-order valence-electron chi connectivity index (χ1n) is 8.83. The number of hydrogen-bond acceptors (Lipinski definition) is 7. The Hall–Kier alpha value is -2.13. The van der Waals surface area contributed by atoms with Crippen molar-refractivity contribution in [3.05, 3.63) is 29.7 Å². The fraction of sp³-hybridized carbons (Fsp3) is 0.444. The topological polar surface area (TPSA) is 82.9 Å². The molecule has 0 radical (unpaired) electrons. The summed E-state index contributed by atoms with van der Waals surface area (Å²) < 4.78 is 11.5. The molecule has 1 saturated heterocycles. The zero-order valence-corrected chi connectivity index (χ0v) is 16.0. The predicted molar refractivity (Wildman–Crippen MR) is 103 cm³/mol. The van der Waals surface area contributed by atoms with Gasteiger partial charge in [-0.1, -0.05) is 11.6 Å². The van der Waals surface area contributed by atoms with Crippen molar-refractivity contribution < 1.29 is 13.9 Å². The van der Waals surface area contributed by atoms with Gasteiger partial charge in [0.25, 0.3) is 0 Å². The van der Waals surface area contributed by atoms with Crippen molar-refractivity contribution >= 4 is 40.4 Å². The summed E-state index contributed by atoms with van der Waals surface area (Å²) in [6, 6.07) is 1.95. The molecule has 0 saturated carbocycles. The Balaban J connectivity index is 1.69. The number of pyridine rings is 1. The zero-order valence-electron chi connectivity index (χ0n) is 15.2. The SMILES string of the molecule is CN(C)C(=O)/C=C/c1cnc2oc3c(c2c1)NC(Cl)NC3N1CCOCC1. The van der Waals surface area contributed by atoms with Crippen LogP contribution in [0.2, 0.25) is 0 Å². The van der Waals surface area contributed by atoms with Gasteiger partial charge in [0.1, 0.15) is 6.17 Å². The maximum atomic E-state index is 11.8. The van der Waals surface area contributed by atoms with E-state index >= 15 is 0 Å². The van der Waals surface area contributed by atoms with E-state index in [1.165, 1.54) is 11.0 Å². The van der Waals surface area contributed by atoms with Crippen LogP contribution in [0.15, 0.2) is 22.8 Å². The summed E-state index contributed by atoms with van der Waals surface area (Å²) in [6.07, 6.45) is 4.81. The Labute approximate surface area is 162 Å². The molecule has 2 aliphatic heterocycles. The summed E-state index contributed by atoms with van der Waals surface area (Å²) in [5.41, 5.74) is 1.76. The van der Waals surface area contributed by atoms with Gasteiger partial charge in [0.2, 0.25) is 11.6 Å². The van der Waals surface area contributed by atoms with E-state index in [4.69, 9.17) is 20.8 Å². The minimum absolute atomic E-state index is 0.0835. The molecule has 2 N–H and O–H groups in total. The fourth-order valence-corrected chi connectivity index (χ4v) is 3.48. The minimum Gasteiger partial charge on any atom is -0.437 e. The Morgan fingerprint density at radius 1 is 1.41 bits per heavy atom. The summed E-state index contributed by atoms with van der Waals surface area (Å²) in [5, 5.41) is 7.38. The lowest BCUT2D eigenvalue weighted by Crippen LogP contribution is -2.50. The minimum atomic E-state index is -0.430. The number of hydrogen-bond donors (Lipinski definition) is 2. The first-order chi connectivity index (χ1) is 13.0. The lowest BCUT2D eigenvalue weighted by atomic mass is 10.1. The molecule has 0 aliphatic carbocycles. The Morgan fingerprint density at radius 2 is 2.19 bits per heavy atom. The maximum Gasteiger partial charge on any atom is 0.246 e. The Bertz CT molecular complexity index is 875. The monoisotopic (exact) mass is 391 g/mol. The molecule has 2 aromatic rings. The number of carbonyl (C=O) groups is 1. The quantitative estimate of drug-likeness (QED) is 0.469. The van der Waals surface area contributed by atoms with E-state index in [2.05, 4.69) is 20.5 Å². The van der Waals surface area contributed by atoms with Crippen molar-refractivity contribution in [2.75, 3.05) is 45.7 Å². The smallest absolute Gasteiger partial charge is 0.246 e. The highest BCUT2D eigenvalue weighted by atomic mass is 35.5. The number of halogens is 1. The van der Waals surface area contributed by atoms with Crippen LogP contribution in [0.25, 0.3) is 17.2 Å². The summed E-state index contributed by atoms with van der Waals surface area (Å²) in [5.74, 6) is 0.682. The molecule has 1 amide bonds. The second-order valence-corrected chi connectivity index (χ2v) is 7.19. The third kappa shape index (κ3) is 3.66. The van der Waals surface area contributed by atoms with E-state index in [1.54, 1.807) is 26.4 Å². The van der Waals surface area contributed by atoms with Crippen LogP contribution in [0.3, 0.4) is 0 Å². The summed E-state index contributed by atoms with van der Waals surface area (Å²) in [7, 11) is 3.42. The predicted octanol–water partition coefficient (Wildman–Crippen LogP) is 1.80. The highest BCUT2D eigenvalue weighted by Gasteiger charge is 2.35. The molecule has 0 bridgehead atoms. The number of amides is 1. The van der Waals surface area contributed by atoms with E-state index in [1.807, 2.05) is 6.07 Å². The van der Waals surface area contributed by atoms with Crippen LogP contribution in [0.1, 0.15) is 17.5 Å². The number of likely N-dealkylation sites (N-methyl/N-ethyl adjacent to an activating group) is 1. The molecule has 2 aromatic heterocycles. The molecular formula is C18H22ClN5O3. The van der Waals surface area contributed by atoms with E-state index < -0.39 is 5.62 Å². The largest absolute Gasteiger partial charge is 0.437 e. The first-order valence-corrected chi connectivity index (χ1v) is 9.27. The normalized spacial score (nSPS) is 23.4. The number of carbonyl (C=O) groups excluding carboxylic acids is 1. The number of fused-ring (bicyclic) bond motifs is 3. The van der Waals surface area contributed by atoms with Crippen LogP contribution in [0.4, 0.5) is 5.69 Å². The van der Waals surface area contributed by atoms with Crippen LogP contribution >= 0.6 is 11.6 Å². The van der Waals surface area contributed by atoms with Crippen LogP contribution in [-0.2, 0) is 9.53 Å². The molecule has 1 fully saturated rings. The number of anilines is 1. The van der Waals surface area contributed by atoms with Crippen LogP contribution in [0, 0.1) is 0 Å². The number of ether oxygens (including phenoxy) is 1. The van der Waals surface area contributed by atoms with Crippen LogP contribution in [-0.4, -0.2) is 66.7 Å². The molecule has 2 aliphatic rings. The molecule has 2 atom stereocenters. The highest BCUT2D eigenvalue weighted by molar-refractivity contribution is 6.22. The second kappa shape index (κ2) is 7.47. The number of nitrogens with one attached hydrogen (secondary N) is 2. The van der Waals surface area contributed by atoms with Gasteiger partial charge in [-0.2, -0.15) is 0 Å². The standard InChI is InChI=1S/C18H22ClN5O3/c1-23(2)13(25)4-3-11-9-12-14-15(27-17(12)20-10-11)16(22-18(19)21-14)24-5-7-26-8-6-24/h3-4,9-10,16,18,21-22H,5-8H2,1-2H3/b4-3+. The lowest BCUT2D eigenvalue weighted by molar-refractivity contribution is -0.123. The van der Waals surface area contributed by atoms with Crippen molar-refractivity contribution in [1.82, 2.24) is 20.1 Å². The molecule has 9 heteroatoms. The van der Waals surface area contributed by atoms with Gasteiger partial charge < -0.3 is 19.4 Å². The zero-order chi connectivity index (χ0) is 19.0. The van der Waals surface area contributed by atoms with E-state index in [0.717, 1.165) is 35.5 Å². The highest BCUT2D eigenvalue weighted by Crippen LogP contribution is 2.39. The summed E-state index contributed by atoms with van der Waals surface area (Å²) in [6.45, 7) is 2.96. The number of aromatic nitrogens is 1. The van der Waals surface area contributed by atoms with E-state index in [0.29, 0.717) is 18.9 Å².